The van der Waals surface area contributed by atoms with Crippen molar-refractivity contribution in [2.75, 3.05) is 32.8 Å². The van der Waals surface area contributed by atoms with E-state index in [0.717, 1.165) is 0 Å². The monoisotopic (exact) mass is 670 g/mol. The molecule has 0 bridgehead atoms. The topological polar surface area (TPSA) is 358 Å². The molecule has 270 valence electrons. The Morgan fingerprint density at radius 3 is 2.07 bits per heavy atom. The van der Waals surface area contributed by atoms with Gasteiger partial charge in [-0.3, -0.25) is 4.79 Å². The molecule has 19 N–H and O–H groups in total. The molecule has 2 heterocycles. The molecule has 1 aliphatic carbocycles. The maximum atomic E-state index is 12.9. The first-order valence-corrected chi connectivity index (χ1v) is 15.7. The summed E-state index contributed by atoms with van der Waals surface area (Å²) in [5, 5.41) is 87.2. The molecular formula is C27H54N6O13. The maximum absolute atomic E-state index is 12.9. The number of rotatable bonds is 16. The van der Waals surface area contributed by atoms with Crippen molar-refractivity contribution in [2.45, 2.75) is 124 Å². The van der Waals surface area contributed by atoms with Gasteiger partial charge in [0.05, 0.1) is 30.9 Å². The fourth-order valence-electron chi connectivity index (χ4n) is 6.19. The molecule has 3 fully saturated rings. The number of ether oxygens (including phenoxy) is 4. The molecule has 0 aromatic heterocycles. The standard InChI is InChI=1S/C27H54N6O13/c28-3-1-11(35)8-33-18-22(41)20(39)15(7-30)43-26(18)46-25-12(31)5-10(6-14(37)13(36)2-4-29)24(23(25)42)45-27-21(40)17(32)19(38)16(9-34)44-27/h10-13,15-27,33-36,38-42H,1-9,28-32H2/t10-,11?,12-,13-,15+,16+,17-,18+,19+,20+,21+,22+,23+,24-,25?,26+,27+/m0/s1. The summed E-state index contributed by atoms with van der Waals surface area (Å²) in [6, 6.07) is -3.41. The van der Waals surface area contributed by atoms with E-state index in [9.17, 15) is 45.6 Å². The average Bonchev–Trinajstić information content (AvgIpc) is 3.02. The van der Waals surface area contributed by atoms with Gasteiger partial charge in [-0.1, -0.05) is 0 Å². The van der Waals surface area contributed by atoms with Crippen molar-refractivity contribution in [3.8, 4) is 0 Å². The summed E-state index contributed by atoms with van der Waals surface area (Å²) in [7, 11) is 0. The zero-order chi connectivity index (χ0) is 34.3. The smallest absolute Gasteiger partial charge is 0.186 e. The van der Waals surface area contributed by atoms with Crippen LogP contribution in [0.25, 0.3) is 0 Å². The minimum absolute atomic E-state index is 0.00331. The summed E-state index contributed by atoms with van der Waals surface area (Å²) >= 11 is 0. The summed E-state index contributed by atoms with van der Waals surface area (Å²) < 4.78 is 23.6. The predicted molar refractivity (Wildman–Crippen MR) is 158 cm³/mol. The largest absolute Gasteiger partial charge is 0.394 e. The molecule has 0 aromatic rings. The Kier molecular flexibility index (Phi) is 15.5. The highest BCUT2D eigenvalue weighted by Gasteiger charge is 2.52. The van der Waals surface area contributed by atoms with Crippen LogP contribution < -0.4 is 34.0 Å². The molecule has 19 heteroatoms. The van der Waals surface area contributed by atoms with Gasteiger partial charge in [0.25, 0.3) is 0 Å². The number of nitrogens with one attached hydrogen (secondary N) is 1. The van der Waals surface area contributed by atoms with E-state index in [0.29, 0.717) is 0 Å². The molecule has 2 aliphatic heterocycles. The van der Waals surface area contributed by atoms with Gasteiger partial charge in [0.15, 0.2) is 18.4 Å². The van der Waals surface area contributed by atoms with E-state index in [1.54, 1.807) is 0 Å². The van der Waals surface area contributed by atoms with Crippen molar-refractivity contribution in [1.29, 1.82) is 0 Å². The van der Waals surface area contributed by atoms with E-state index < -0.39 is 116 Å². The Bertz CT molecular complexity index is 929. The summed E-state index contributed by atoms with van der Waals surface area (Å²) in [5.74, 6) is -1.44. The van der Waals surface area contributed by atoms with E-state index in [4.69, 9.17) is 47.6 Å². The van der Waals surface area contributed by atoms with Crippen molar-refractivity contribution < 1.29 is 64.6 Å². The third-order valence-corrected chi connectivity index (χ3v) is 8.95. The molecule has 17 atom stereocenters. The minimum atomic E-state index is -1.65. The van der Waals surface area contributed by atoms with E-state index in [-0.39, 0.29) is 51.9 Å². The van der Waals surface area contributed by atoms with Gasteiger partial charge in [-0.2, -0.15) is 0 Å². The van der Waals surface area contributed by atoms with Crippen LogP contribution in [0.2, 0.25) is 0 Å². The third kappa shape index (κ3) is 9.34. The zero-order valence-corrected chi connectivity index (χ0v) is 25.7. The lowest BCUT2D eigenvalue weighted by Gasteiger charge is -2.49. The van der Waals surface area contributed by atoms with Crippen LogP contribution in [0.3, 0.4) is 0 Å². The SMILES string of the molecule is NCCC(O)CN[C@H]1[C@@H](OC2[C@@H](N)C[C@@H](CC(=O)[C@@H](O)CCN)[C@H](O[C@H]3O[C@H](CO)[C@@H](O)[C@H](N)[C@H]3O)[C@H]2O)O[C@H](CN)[C@@H](O)[C@@H]1O. The molecule has 46 heavy (non-hydrogen) atoms. The highest BCUT2D eigenvalue weighted by molar-refractivity contribution is 5.83. The second kappa shape index (κ2) is 18.1. The molecule has 0 spiro atoms. The lowest BCUT2D eigenvalue weighted by Crippen LogP contribution is -2.68. The fourth-order valence-corrected chi connectivity index (χ4v) is 6.19. The van der Waals surface area contributed by atoms with Gasteiger partial charge in [0.1, 0.15) is 54.9 Å². The lowest BCUT2D eigenvalue weighted by molar-refractivity contribution is -0.324. The van der Waals surface area contributed by atoms with E-state index in [2.05, 4.69) is 5.32 Å². The van der Waals surface area contributed by atoms with Crippen molar-refractivity contribution in [2.24, 2.45) is 34.6 Å². The van der Waals surface area contributed by atoms with Crippen LogP contribution >= 0.6 is 0 Å². The molecule has 0 aromatic carbocycles. The highest BCUT2D eigenvalue weighted by Crippen LogP contribution is 2.36. The van der Waals surface area contributed by atoms with Crippen molar-refractivity contribution >= 4 is 5.78 Å². The van der Waals surface area contributed by atoms with Crippen LogP contribution in [0.5, 0.6) is 0 Å². The van der Waals surface area contributed by atoms with Gasteiger partial charge < -0.3 is 93.8 Å². The first-order chi connectivity index (χ1) is 21.8. The molecule has 2 saturated heterocycles. The van der Waals surface area contributed by atoms with Crippen LogP contribution in [0.15, 0.2) is 0 Å². The number of hydrogen-bond donors (Lipinski definition) is 14. The lowest BCUT2D eigenvalue weighted by atomic mass is 9.76. The van der Waals surface area contributed by atoms with E-state index >= 15 is 0 Å². The second-order valence-electron chi connectivity index (χ2n) is 12.3. The van der Waals surface area contributed by atoms with Gasteiger partial charge in [-0.25, -0.2) is 0 Å². The molecular weight excluding hydrogens is 616 g/mol. The zero-order valence-electron chi connectivity index (χ0n) is 25.7. The van der Waals surface area contributed by atoms with E-state index in [1.165, 1.54) is 0 Å². The predicted octanol–water partition coefficient (Wildman–Crippen LogP) is -8.03. The van der Waals surface area contributed by atoms with Crippen molar-refractivity contribution in [1.82, 2.24) is 5.32 Å². The van der Waals surface area contributed by atoms with Crippen LogP contribution in [0.1, 0.15) is 25.7 Å². The number of aliphatic hydroxyl groups is 8. The van der Waals surface area contributed by atoms with Crippen molar-refractivity contribution in [3.63, 3.8) is 0 Å². The van der Waals surface area contributed by atoms with Crippen molar-refractivity contribution in [3.05, 3.63) is 0 Å². The van der Waals surface area contributed by atoms with Crippen LogP contribution in [0, 0.1) is 5.92 Å². The molecule has 19 nitrogen and oxygen atoms in total. The van der Waals surface area contributed by atoms with Crippen LogP contribution in [-0.4, -0.2) is 177 Å². The fraction of sp³-hybridized carbons (Fsp3) is 0.963. The van der Waals surface area contributed by atoms with Gasteiger partial charge >= 0.3 is 0 Å². The second-order valence-corrected chi connectivity index (χ2v) is 12.3. The number of nitrogens with two attached hydrogens (primary N) is 5. The van der Waals surface area contributed by atoms with E-state index in [1.807, 2.05) is 0 Å². The number of Topliss-reactive ketones (excluding diaryl/α,β-unsaturated/α-hetero) is 1. The minimum Gasteiger partial charge on any atom is -0.394 e. The quantitative estimate of drug-likeness (QED) is 0.0724. The van der Waals surface area contributed by atoms with Gasteiger partial charge in [-0.15, -0.1) is 0 Å². The normalized spacial score (nSPS) is 43.3. The van der Waals surface area contributed by atoms with Crippen LogP contribution in [-0.2, 0) is 23.7 Å². The molecule has 0 amide bonds. The Morgan fingerprint density at radius 1 is 0.826 bits per heavy atom. The van der Waals surface area contributed by atoms with Gasteiger partial charge in [0, 0.05) is 25.6 Å². The van der Waals surface area contributed by atoms with Gasteiger partial charge in [-0.05, 0) is 38.3 Å². The number of ketones is 1. The maximum Gasteiger partial charge on any atom is 0.186 e. The Labute approximate surface area is 266 Å². The molecule has 0 radical (unpaired) electrons. The number of carbonyl (C=O) groups is 1. The first kappa shape index (κ1) is 39.4. The summed E-state index contributed by atoms with van der Waals surface area (Å²) in [6.07, 6.45) is -17.9. The Morgan fingerprint density at radius 2 is 1.46 bits per heavy atom. The number of aliphatic hydroxyl groups excluding tert-OH is 8. The van der Waals surface area contributed by atoms with Gasteiger partial charge in [0.2, 0.25) is 0 Å². The third-order valence-electron chi connectivity index (χ3n) is 8.95. The Balaban J connectivity index is 1.89. The average molecular weight is 671 g/mol. The number of hydrogen-bond acceptors (Lipinski definition) is 19. The first-order valence-electron chi connectivity index (χ1n) is 15.7. The molecule has 1 saturated carbocycles. The summed E-state index contributed by atoms with van der Waals surface area (Å²) in [4.78, 5) is 12.9. The molecule has 2 unspecified atom stereocenters. The Hall–Kier alpha value is -1.05. The number of carbonyl (C=O) groups excluding carboxylic acids is 1. The summed E-state index contributed by atoms with van der Waals surface area (Å²) in [5.41, 5.74) is 29.1. The highest BCUT2D eigenvalue weighted by atomic mass is 16.7. The molecule has 3 rings (SSSR count). The molecule has 3 aliphatic rings. The summed E-state index contributed by atoms with van der Waals surface area (Å²) in [6.45, 7) is -0.676. The van der Waals surface area contributed by atoms with Crippen LogP contribution in [0.4, 0.5) is 0 Å².